The lowest BCUT2D eigenvalue weighted by atomic mass is 10.1. The van der Waals surface area contributed by atoms with Gasteiger partial charge in [-0.1, -0.05) is 6.07 Å². The number of anilines is 1. The van der Waals surface area contributed by atoms with E-state index in [4.69, 9.17) is 0 Å². The molecule has 2 aromatic rings. The Morgan fingerprint density at radius 1 is 1.05 bits per heavy atom. The first kappa shape index (κ1) is 13.2. The number of benzene rings is 2. The van der Waals surface area contributed by atoms with Crippen molar-refractivity contribution in [2.75, 3.05) is 5.32 Å². The molecule has 2 rings (SSSR count). The highest BCUT2D eigenvalue weighted by Crippen LogP contribution is 2.27. The number of phenolic OH excluding ortho intramolecular Hbond substituents is 2. The summed E-state index contributed by atoms with van der Waals surface area (Å²) in [6.07, 6.45) is 0. The summed E-state index contributed by atoms with van der Waals surface area (Å²) >= 11 is 0. The van der Waals surface area contributed by atoms with E-state index in [0.29, 0.717) is 5.56 Å². The molecule has 0 amide bonds. The predicted molar refractivity (Wildman–Crippen MR) is 72.9 cm³/mol. The fourth-order valence-electron chi connectivity index (χ4n) is 1.99. The van der Waals surface area contributed by atoms with E-state index in [2.05, 4.69) is 5.32 Å². The highest BCUT2D eigenvalue weighted by atomic mass is 19.1. The third-order valence-corrected chi connectivity index (χ3v) is 3.03. The molecule has 0 spiro atoms. The van der Waals surface area contributed by atoms with Crippen LogP contribution in [0.2, 0.25) is 0 Å². The Hall–Kier alpha value is -2.23. The molecule has 2 aromatic carbocycles. The molecule has 0 saturated carbocycles. The molecule has 0 aliphatic carbocycles. The number of aryl methyl sites for hydroxylation is 1. The summed E-state index contributed by atoms with van der Waals surface area (Å²) in [6.45, 7) is 3.70. The average Bonchev–Trinajstić information content (AvgIpc) is 2.32. The first-order valence-corrected chi connectivity index (χ1v) is 6.02. The van der Waals surface area contributed by atoms with Crippen molar-refractivity contribution in [3.63, 3.8) is 0 Å². The van der Waals surface area contributed by atoms with Crippen LogP contribution in [0.5, 0.6) is 11.5 Å². The lowest BCUT2D eigenvalue weighted by Crippen LogP contribution is -2.09. The summed E-state index contributed by atoms with van der Waals surface area (Å²) in [6, 6.07) is 8.83. The van der Waals surface area contributed by atoms with Crippen LogP contribution in [0.15, 0.2) is 36.4 Å². The maximum absolute atomic E-state index is 13.7. The Bertz CT molecular complexity index is 599. The summed E-state index contributed by atoms with van der Waals surface area (Å²) in [5.41, 5.74) is 2.19. The molecule has 3 nitrogen and oxygen atoms in total. The molecule has 0 aliphatic rings. The second-order valence-corrected chi connectivity index (χ2v) is 4.57. The molecule has 100 valence electrons. The van der Waals surface area contributed by atoms with Crippen molar-refractivity contribution in [2.24, 2.45) is 0 Å². The van der Waals surface area contributed by atoms with Crippen molar-refractivity contribution in [3.05, 3.63) is 53.3 Å². The molecule has 1 atom stereocenters. The van der Waals surface area contributed by atoms with E-state index in [9.17, 15) is 14.6 Å². The smallest absolute Gasteiger partial charge is 0.132 e. The third kappa shape index (κ3) is 2.96. The molecule has 0 aliphatic heterocycles. The van der Waals surface area contributed by atoms with E-state index in [-0.39, 0.29) is 17.5 Å². The SMILES string of the molecule is Cc1cc(O)ccc1NC(C)c1ccc(O)cc1F. The van der Waals surface area contributed by atoms with Gasteiger partial charge in [0, 0.05) is 17.3 Å². The van der Waals surface area contributed by atoms with Crippen LogP contribution in [0.25, 0.3) is 0 Å². The predicted octanol–water partition coefficient (Wildman–Crippen LogP) is 3.72. The summed E-state index contributed by atoms with van der Waals surface area (Å²) in [4.78, 5) is 0. The zero-order valence-corrected chi connectivity index (χ0v) is 10.8. The number of aromatic hydroxyl groups is 2. The van der Waals surface area contributed by atoms with Gasteiger partial charge in [0.05, 0.1) is 6.04 Å². The van der Waals surface area contributed by atoms with Crippen molar-refractivity contribution in [2.45, 2.75) is 19.9 Å². The van der Waals surface area contributed by atoms with Gasteiger partial charge in [-0.2, -0.15) is 0 Å². The number of rotatable bonds is 3. The van der Waals surface area contributed by atoms with Gasteiger partial charge in [0.1, 0.15) is 17.3 Å². The topological polar surface area (TPSA) is 52.5 Å². The zero-order chi connectivity index (χ0) is 14.0. The Morgan fingerprint density at radius 2 is 1.68 bits per heavy atom. The van der Waals surface area contributed by atoms with Crippen molar-refractivity contribution < 1.29 is 14.6 Å². The van der Waals surface area contributed by atoms with E-state index < -0.39 is 5.82 Å². The van der Waals surface area contributed by atoms with Gasteiger partial charge < -0.3 is 15.5 Å². The fourth-order valence-corrected chi connectivity index (χ4v) is 1.99. The van der Waals surface area contributed by atoms with E-state index >= 15 is 0 Å². The van der Waals surface area contributed by atoms with Crippen molar-refractivity contribution in [3.8, 4) is 11.5 Å². The van der Waals surface area contributed by atoms with Crippen LogP contribution < -0.4 is 5.32 Å². The summed E-state index contributed by atoms with van der Waals surface area (Å²) in [5, 5.41) is 21.7. The third-order valence-electron chi connectivity index (χ3n) is 3.03. The Labute approximate surface area is 111 Å². The molecule has 1 unspecified atom stereocenters. The molecule has 0 bridgehead atoms. The summed E-state index contributed by atoms with van der Waals surface area (Å²) in [5.74, 6) is -0.336. The minimum absolute atomic E-state index is 0.0886. The highest BCUT2D eigenvalue weighted by molar-refractivity contribution is 5.54. The molecule has 3 N–H and O–H groups in total. The van der Waals surface area contributed by atoms with Crippen LogP contribution in [0.1, 0.15) is 24.1 Å². The van der Waals surface area contributed by atoms with Crippen LogP contribution in [-0.4, -0.2) is 10.2 Å². The molecule has 0 saturated heterocycles. The number of hydrogen-bond acceptors (Lipinski definition) is 3. The molecule has 0 aromatic heterocycles. The van der Waals surface area contributed by atoms with Gasteiger partial charge in [0.15, 0.2) is 0 Å². The van der Waals surface area contributed by atoms with Crippen molar-refractivity contribution in [1.82, 2.24) is 0 Å². The lowest BCUT2D eigenvalue weighted by molar-refractivity contribution is 0.467. The second kappa shape index (κ2) is 5.18. The lowest BCUT2D eigenvalue weighted by Gasteiger charge is -2.18. The Balaban J connectivity index is 2.23. The molecule has 0 heterocycles. The van der Waals surface area contributed by atoms with Crippen LogP contribution in [0.4, 0.5) is 10.1 Å². The fraction of sp³-hybridized carbons (Fsp3) is 0.200. The molecule has 0 radical (unpaired) electrons. The molecule has 0 fully saturated rings. The second-order valence-electron chi connectivity index (χ2n) is 4.57. The van der Waals surface area contributed by atoms with Crippen LogP contribution >= 0.6 is 0 Å². The van der Waals surface area contributed by atoms with Crippen molar-refractivity contribution in [1.29, 1.82) is 0 Å². The maximum Gasteiger partial charge on any atom is 0.132 e. The quantitative estimate of drug-likeness (QED) is 0.738. The van der Waals surface area contributed by atoms with Gasteiger partial charge in [-0.3, -0.25) is 0 Å². The first-order valence-electron chi connectivity index (χ1n) is 6.02. The molecule has 19 heavy (non-hydrogen) atoms. The molecular formula is C15H16FNO2. The first-order chi connectivity index (χ1) is 8.97. The molecular weight excluding hydrogens is 245 g/mol. The molecule has 4 heteroatoms. The van der Waals surface area contributed by atoms with Crippen molar-refractivity contribution >= 4 is 5.69 Å². The Morgan fingerprint density at radius 3 is 2.32 bits per heavy atom. The van der Waals surface area contributed by atoms with E-state index in [0.717, 1.165) is 17.3 Å². The zero-order valence-electron chi connectivity index (χ0n) is 10.8. The standard InChI is InChI=1S/C15H16FNO2/c1-9-7-11(18)4-6-15(9)17-10(2)13-5-3-12(19)8-14(13)16/h3-8,10,17-19H,1-2H3. The van der Waals surface area contributed by atoms with E-state index in [1.165, 1.54) is 6.07 Å². The minimum atomic E-state index is -0.448. The summed E-state index contributed by atoms with van der Waals surface area (Å²) in [7, 11) is 0. The minimum Gasteiger partial charge on any atom is -0.508 e. The van der Waals surface area contributed by atoms with Gasteiger partial charge >= 0.3 is 0 Å². The monoisotopic (exact) mass is 261 g/mol. The van der Waals surface area contributed by atoms with E-state index in [1.54, 1.807) is 24.3 Å². The normalized spacial score (nSPS) is 12.2. The summed E-state index contributed by atoms with van der Waals surface area (Å²) < 4.78 is 13.7. The van der Waals surface area contributed by atoms with Crippen LogP contribution in [-0.2, 0) is 0 Å². The van der Waals surface area contributed by atoms with Gasteiger partial charge in [-0.05, 0) is 43.7 Å². The average molecular weight is 261 g/mol. The van der Waals surface area contributed by atoms with E-state index in [1.807, 2.05) is 13.8 Å². The largest absolute Gasteiger partial charge is 0.508 e. The van der Waals surface area contributed by atoms with Gasteiger partial charge in [-0.15, -0.1) is 0 Å². The number of hydrogen-bond donors (Lipinski definition) is 3. The van der Waals surface area contributed by atoms with Crippen LogP contribution in [0, 0.1) is 12.7 Å². The van der Waals surface area contributed by atoms with Gasteiger partial charge in [0.2, 0.25) is 0 Å². The number of phenols is 2. The highest BCUT2D eigenvalue weighted by Gasteiger charge is 2.12. The van der Waals surface area contributed by atoms with Gasteiger partial charge in [-0.25, -0.2) is 4.39 Å². The number of halogens is 1. The van der Waals surface area contributed by atoms with Gasteiger partial charge in [0.25, 0.3) is 0 Å². The Kier molecular flexibility index (Phi) is 3.60. The maximum atomic E-state index is 13.7. The van der Waals surface area contributed by atoms with Crippen LogP contribution in [0.3, 0.4) is 0 Å². The number of nitrogens with one attached hydrogen (secondary N) is 1.